The highest BCUT2D eigenvalue weighted by Crippen LogP contribution is 2.24. The van der Waals surface area contributed by atoms with Crippen LogP contribution in [0.5, 0.6) is 0 Å². The summed E-state index contributed by atoms with van der Waals surface area (Å²) in [6, 6.07) is 7.76. The van der Waals surface area contributed by atoms with Gasteiger partial charge in [0.2, 0.25) is 5.91 Å². The third-order valence-corrected chi connectivity index (χ3v) is 3.48. The number of nitro benzene ring substituents is 1. The van der Waals surface area contributed by atoms with Crippen LogP contribution in [-0.2, 0) is 4.79 Å². The number of hydrogen-bond donors (Lipinski definition) is 3. The van der Waals surface area contributed by atoms with E-state index in [-0.39, 0.29) is 11.6 Å². The topological polar surface area (TPSA) is 127 Å². The maximum absolute atomic E-state index is 12.1. The Bertz CT molecular complexity index is 723. The van der Waals surface area contributed by atoms with Gasteiger partial charge in [-0.2, -0.15) is 5.10 Å². The summed E-state index contributed by atoms with van der Waals surface area (Å²) in [5, 5.41) is 20.2. The van der Waals surface area contributed by atoms with Crippen molar-refractivity contribution in [2.75, 3.05) is 5.32 Å². The SMILES string of the molecule is CCCC(C)(N)C(=O)Nc1cc(-c2cccc([N+](=O)[O-])c2)[nH]n1. The normalized spacial score (nSPS) is 13.3. The Labute approximate surface area is 133 Å². The van der Waals surface area contributed by atoms with Crippen LogP contribution in [0, 0.1) is 10.1 Å². The molecule has 122 valence electrons. The number of nitrogens with one attached hydrogen (secondary N) is 2. The van der Waals surface area contributed by atoms with Crippen molar-refractivity contribution < 1.29 is 9.72 Å². The number of non-ortho nitro benzene ring substituents is 1. The van der Waals surface area contributed by atoms with Crippen molar-refractivity contribution in [3.05, 3.63) is 40.4 Å². The third-order valence-electron chi connectivity index (χ3n) is 3.48. The smallest absolute Gasteiger partial charge is 0.270 e. The standard InChI is InChI=1S/C15H19N5O3/c1-3-7-15(2,16)14(21)17-13-9-12(18-19-13)10-5-4-6-11(8-10)20(22)23/h4-6,8-9H,3,7,16H2,1-2H3,(H2,17,18,19,21). The number of nitro groups is 1. The van der Waals surface area contributed by atoms with Crippen LogP contribution in [0.3, 0.4) is 0 Å². The van der Waals surface area contributed by atoms with Crippen molar-refractivity contribution in [3.8, 4) is 11.3 Å². The Balaban J connectivity index is 2.16. The molecular weight excluding hydrogens is 298 g/mol. The van der Waals surface area contributed by atoms with Gasteiger partial charge in [-0.25, -0.2) is 0 Å². The van der Waals surface area contributed by atoms with Gasteiger partial charge in [-0.15, -0.1) is 0 Å². The molecule has 1 amide bonds. The summed E-state index contributed by atoms with van der Waals surface area (Å²) in [4.78, 5) is 22.5. The molecule has 0 saturated carbocycles. The minimum Gasteiger partial charge on any atom is -0.318 e. The molecule has 23 heavy (non-hydrogen) atoms. The van der Waals surface area contributed by atoms with E-state index in [0.717, 1.165) is 6.42 Å². The van der Waals surface area contributed by atoms with E-state index >= 15 is 0 Å². The first-order valence-corrected chi connectivity index (χ1v) is 7.24. The van der Waals surface area contributed by atoms with Gasteiger partial charge in [0.05, 0.1) is 16.2 Å². The summed E-state index contributed by atoms with van der Waals surface area (Å²) in [6.07, 6.45) is 1.35. The van der Waals surface area contributed by atoms with Crippen molar-refractivity contribution in [1.29, 1.82) is 0 Å². The molecule has 4 N–H and O–H groups in total. The van der Waals surface area contributed by atoms with Crippen molar-refractivity contribution in [3.63, 3.8) is 0 Å². The van der Waals surface area contributed by atoms with Gasteiger partial charge in [0.1, 0.15) is 0 Å². The number of nitrogens with zero attached hydrogens (tertiary/aromatic N) is 2. The highest BCUT2D eigenvalue weighted by atomic mass is 16.6. The molecular formula is C15H19N5O3. The zero-order valence-corrected chi connectivity index (χ0v) is 13.0. The fraction of sp³-hybridized carbons (Fsp3) is 0.333. The second kappa shape index (κ2) is 6.57. The van der Waals surface area contributed by atoms with Crippen LogP contribution in [0.15, 0.2) is 30.3 Å². The molecule has 0 saturated heterocycles. The van der Waals surface area contributed by atoms with Gasteiger partial charge >= 0.3 is 0 Å². The van der Waals surface area contributed by atoms with Crippen molar-refractivity contribution >= 4 is 17.4 Å². The van der Waals surface area contributed by atoms with Gasteiger partial charge < -0.3 is 11.1 Å². The number of nitrogens with two attached hydrogens (primary N) is 1. The lowest BCUT2D eigenvalue weighted by Crippen LogP contribution is -2.48. The first kappa shape index (κ1) is 16.6. The predicted molar refractivity (Wildman–Crippen MR) is 86.8 cm³/mol. The van der Waals surface area contributed by atoms with Crippen molar-refractivity contribution in [1.82, 2.24) is 10.2 Å². The number of aromatic amines is 1. The van der Waals surface area contributed by atoms with Crippen LogP contribution in [0.2, 0.25) is 0 Å². The fourth-order valence-corrected chi connectivity index (χ4v) is 2.21. The number of anilines is 1. The third kappa shape index (κ3) is 3.92. The molecule has 0 bridgehead atoms. The molecule has 0 spiro atoms. The Morgan fingerprint density at radius 3 is 2.87 bits per heavy atom. The molecule has 8 heteroatoms. The van der Waals surface area contributed by atoms with E-state index in [1.54, 1.807) is 25.1 Å². The van der Waals surface area contributed by atoms with Crippen LogP contribution in [0.25, 0.3) is 11.3 Å². The van der Waals surface area contributed by atoms with Gasteiger partial charge in [-0.3, -0.25) is 20.0 Å². The number of aromatic nitrogens is 2. The van der Waals surface area contributed by atoms with Crippen molar-refractivity contribution in [2.24, 2.45) is 5.73 Å². The van der Waals surface area contributed by atoms with Crippen LogP contribution in [0.4, 0.5) is 11.5 Å². The molecule has 1 aromatic carbocycles. The van der Waals surface area contributed by atoms with E-state index in [2.05, 4.69) is 15.5 Å². The Morgan fingerprint density at radius 1 is 1.48 bits per heavy atom. The minimum atomic E-state index is -0.973. The lowest BCUT2D eigenvalue weighted by molar-refractivity contribution is -0.384. The zero-order valence-electron chi connectivity index (χ0n) is 13.0. The second-order valence-corrected chi connectivity index (χ2v) is 5.60. The number of carbonyl (C=O) groups is 1. The van der Waals surface area contributed by atoms with Gasteiger partial charge in [0.15, 0.2) is 5.82 Å². The summed E-state index contributed by atoms with van der Waals surface area (Å²) in [7, 11) is 0. The molecule has 2 rings (SSSR count). The Hall–Kier alpha value is -2.74. The number of hydrogen-bond acceptors (Lipinski definition) is 5. The highest BCUT2D eigenvalue weighted by Gasteiger charge is 2.27. The number of benzene rings is 1. The molecule has 0 aliphatic heterocycles. The fourth-order valence-electron chi connectivity index (χ4n) is 2.21. The molecule has 1 unspecified atom stereocenters. The Morgan fingerprint density at radius 2 is 2.22 bits per heavy atom. The summed E-state index contributed by atoms with van der Waals surface area (Å²) in [5.41, 5.74) is 6.15. The lowest BCUT2D eigenvalue weighted by Gasteiger charge is -2.21. The largest absolute Gasteiger partial charge is 0.318 e. The van der Waals surface area contributed by atoms with E-state index in [9.17, 15) is 14.9 Å². The highest BCUT2D eigenvalue weighted by molar-refractivity contribution is 5.97. The first-order valence-electron chi connectivity index (χ1n) is 7.24. The van der Waals surface area contributed by atoms with Crippen LogP contribution >= 0.6 is 0 Å². The summed E-state index contributed by atoms with van der Waals surface area (Å²) >= 11 is 0. The molecule has 0 radical (unpaired) electrons. The van der Waals surface area contributed by atoms with E-state index in [4.69, 9.17) is 5.73 Å². The summed E-state index contributed by atoms with van der Waals surface area (Å²) < 4.78 is 0. The van der Waals surface area contributed by atoms with Crippen LogP contribution in [0.1, 0.15) is 26.7 Å². The quantitative estimate of drug-likeness (QED) is 0.557. The van der Waals surface area contributed by atoms with E-state index in [0.29, 0.717) is 23.5 Å². The van der Waals surface area contributed by atoms with Gasteiger partial charge in [-0.1, -0.05) is 25.5 Å². The van der Waals surface area contributed by atoms with E-state index in [1.807, 2.05) is 6.92 Å². The second-order valence-electron chi connectivity index (χ2n) is 5.60. The monoisotopic (exact) mass is 317 g/mol. The van der Waals surface area contributed by atoms with E-state index < -0.39 is 10.5 Å². The first-order chi connectivity index (χ1) is 10.8. The number of amides is 1. The van der Waals surface area contributed by atoms with Gasteiger partial charge in [0.25, 0.3) is 5.69 Å². The molecule has 1 aromatic heterocycles. The van der Waals surface area contributed by atoms with Crippen LogP contribution in [-0.4, -0.2) is 26.6 Å². The molecule has 0 fully saturated rings. The van der Waals surface area contributed by atoms with Gasteiger partial charge in [0, 0.05) is 23.8 Å². The number of rotatable bonds is 6. The maximum Gasteiger partial charge on any atom is 0.270 e. The predicted octanol–water partition coefficient (Wildman–Crippen LogP) is 2.44. The molecule has 2 aromatic rings. The average molecular weight is 317 g/mol. The number of H-pyrrole nitrogens is 1. The molecule has 0 aliphatic rings. The summed E-state index contributed by atoms with van der Waals surface area (Å²) in [6.45, 7) is 3.62. The molecule has 0 aliphatic carbocycles. The average Bonchev–Trinajstić information content (AvgIpc) is 2.96. The lowest BCUT2D eigenvalue weighted by atomic mass is 9.96. The summed E-state index contributed by atoms with van der Waals surface area (Å²) in [5.74, 6) is 0.000673. The zero-order chi connectivity index (χ0) is 17.0. The number of carbonyl (C=O) groups excluding carboxylic acids is 1. The van der Waals surface area contributed by atoms with Crippen LogP contribution < -0.4 is 11.1 Å². The molecule has 1 atom stereocenters. The Kier molecular flexibility index (Phi) is 4.75. The molecule has 8 nitrogen and oxygen atoms in total. The molecule has 1 heterocycles. The van der Waals surface area contributed by atoms with Gasteiger partial charge in [-0.05, 0) is 13.3 Å². The maximum atomic E-state index is 12.1. The minimum absolute atomic E-state index is 0.0137. The van der Waals surface area contributed by atoms with E-state index in [1.165, 1.54) is 12.1 Å². The van der Waals surface area contributed by atoms with Crippen molar-refractivity contribution in [2.45, 2.75) is 32.2 Å².